The predicted molar refractivity (Wildman–Crippen MR) is 161 cm³/mol. The van der Waals surface area contributed by atoms with Crippen LogP contribution in [0.15, 0.2) is 83.4 Å². The molecule has 9 heteroatoms. The Morgan fingerprint density at radius 3 is 2.10 bits per heavy atom. The molecule has 1 aromatic heterocycles. The average molecular weight is 591 g/mol. The number of rotatable bonds is 7. The van der Waals surface area contributed by atoms with Crippen molar-refractivity contribution >= 4 is 29.1 Å². The maximum Gasteiger partial charge on any atom is 0.241 e. The molecule has 41 heavy (non-hydrogen) atoms. The minimum atomic E-state index is 0.0583. The lowest BCUT2D eigenvalue weighted by molar-refractivity contribution is -0.139. The van der Waals surface area contributed by atoms with Crippen molar-refractivity contribution in [1.82, 2.24) is 24.8 Å². The van der Waals surface area contributed by atoms with E-state index in [1.165, 1.54) is 11.1 Å². The first-order valence-corrected chi connectivity index (χ1v) is 14.9. The van der Waals surface area contributed by atoms with Gasteiger partial charge in [-0.05, 0) is 55.3 Å². The second kappa shape index (κ2) is 12.7. The first-order valence-electron chi connectivity index (χ1n) is 14.2. The van der Waals surface area contributed by atoms with Gasteiger partial charge in [-0.25, -0.2) is 0 Å². The third-order valence-electron chi connectivity index (χ3n) is 8.16. The molecule has 2 saturated heterocycles. The molecule has 3 heterocycles. The summed E-state index contributed by atoms with van der Waals surface area (Å²) >= 11 is 12.3. The van der Waals surface area contributed by atoms with Gasteiger partial charge in [-0.2, -0.15) is 4.98 Å². The molecule has 4 aromatic rings. The summed E-state index contributed by atoms with van der Waals surface area (Å²) in [5, 5.41) is 5.15. The Balaban J connectivity index is 1.01. The molecule has 0 bridgehead atoms. The number of nitrogens with zero attached hydrogens (tertiary/aromatic N) is 5. The fraction of sp³-hybridized carbons (Fsp3) is 0.344. The van der Waals surface area contributed by atoms with Crippen molar-refractivity contribution in [2.45, 2.75) is 25.4 Å². The number of benzene rings is 3. The minimum absolute atomic E-state index is 0.0583. The lowest BCUT2D eigenvalue weighted by Crippen LogP contribution is -2.52. The van der Waals surface area contributed by atoms with Crippen molar-refractivity contribution in [2.24, 2.45) is 5.92 Å². The summed E-state index contributed by atoms with van der Waals surface area (Å²) in [4.78, 5) is 24.9. The summed E-state index contributed by atoms with van der Waals surface area (Å²) in [6, 6.07) is 26.7. The van der Waals surface area contributed by atoms with Crippen LogP contribution in [0.25, 0.3) is 11.4 Å². The topological polar surface area (TPSA) is 65.7 Å². The maximum absolute atomic E-state index is 13.5. The Labute approximate surface area is 250 Å². The molecule has 2 aliphatic heterocycles. The van der Waals surface area contributed by atoms with E-state index in [0.29, 0.717) is 33.9 Å². The van der Waals surface area contributed by atoms with Crippen molar-refractivity contribution in [1.29, 1.82) is 0 Å². The highest BCUT2D eigenvalue weighted by atomic mass is 35.5. The van der Waals surface area contributed by atoms with Gasteiger partial charge >= 0.3 is 0 Å². The van der Waals surface area contributed by atoms with Gasteiger partial charge in [-0.3, -0.25) is 14.6 Å². The van der Waals surface area contributed by atoms with Crippen LogP contribution in [0.2, 0.25) is 10.0 Å². The Kier molecular flexibility index (Phi) is 8.67. The molecule has 2 aliphatic rings. The van der Waals surface area contributed by atoms with Gasteiger partial charge in [0.25, 0.3) is 0 Å². The van der Waals surface area contributed by atoms with E-state index in [2.05, 4.69) is 85.5 Å². The fourth-order valence-corrected chi connectivity index (χ4v) is 6.47. The zero-order valence-electron chi connectivity index (χ0n) is 22.8. The van der Waals surface area contributed by atoms with Gasteiger partial charge in [-0.15, -0.1) is 0 Å². The van der Waals surface area contributed by atoms with Crippen LogP contribution in [0.1, 0.15) is 35.9 Å². The van der Waals surface area contributed by atoms with Gasteiger partial charge < -0.3 is 9.42 Å². The quantitative estimate of drug-likeness (QED) is 0.256. The zero-order chi connectivity index (χ0) is 28.2. The van der Waals surface area contributed by atoms with Crippen LogP contribution in [-0.4, -0.2) is 70.0 Å². The molecular weight excluding hydrogens is 557 g/mol. The number of amides is 1. The smallest absolute Gasteiger partial charge is 0.241 e. The Morgan fingerprint density at radius 1 is 0.854 bits per heavy atom. The van der Waals surface area contributed by atoms with Crippen LogP contribution in [0, 0.1) is 5.92 Å². The molecular formula is C32H33Cl2N5O2. The highest BCUT2D eigenvalue weighted by molar-refractivity contribution is 6.36. The lowest BCUT2D eigenvalue weighted by Gasteiger charge is -2.41. The van der Waals surface area contributed by atoms with Crippen LogP contribution >= 0.6 is 23.2 Å². The molecule has 0 unspecified atom stereocenters. The van der Waals surface area contributed by atoms with E-state index in [4.69, 9.17) is 27.7 Å². The molecule has 2 fully saturated rings. The highest BCUT2D eigenvalue weighted by Crippen LogP contribution is 2.31. The number of likely N-dealkylation sites (tertiary alicyclic amines) is 1. The number of halogens is 2. The maximum atomic E-state index is 13.5. The van der Waals surface area contributed by atoms with Gasteiger partial charge in [0.2, 0.25) is 17.6 Å². The summed E-state index contributed by atoms with van der Waals surface area (Å²) in [5.74, 6) is 1.34. The molecule has 3 aromatic carbocycles. The van der Waals surface area contributed by atoms with Gasteiger partial charge in [-0.1, -0.05) is 89.0 Å². The fourth-order valence-electron chi connectivity index (χ4n) is 5.97. The van der Waals surface area contributed by atoms with Crippen molar-refractivity contribution in [3.8, 4) is 11.4 Å². The number of carbonyl (C=O) groups is 1. The number of hydrogen-bond acceptors (Lipinski definition) is 6. The molecule has 0 aliphatic carbocycles. The van der Waals surface area contributed by atoms with E-state index in [1.807, 2.05) is 0 Å². The van der Waals surface area contributed by atoms with Crippen molar-refractivity contribution in [3.63, 3.8) is 0 Å². The van der Waals surface area contributed by atoms with E-state index < -0.39 is 0 Å². The highest BCUT2D eigenvalue weighted by Gasteiger charge is 2.33. The summed E-state index contributed by atoms with van der Waals surface area (Å²) < 4.78 is 5.50. The molecule has 0 N–H and O–H groups in total. The number of carbonyl (C=O) groups excluding carboxylic acids is 1. The third-order valence-corrected chi connectivity index (χ3v) is 8.71. The summed E-state index contributed by atoms with van der Waals surface area (Å²) in [7, 11) is 0. The number of hydrogen-bond donors (Lipinski definition) is 0. The van der Waals surface area contributed by atoms with Gasteiger partial charge in [0.15, 0.2) is 0 Å². The molecule has 1 amide bonds. The van der Waals surface area contributed by atoms with Crippen molar-refractivity contribution < 1.29 is 9.32 Å². The summed E-state index contributed by atoms with van der Waals surface area (Å²) in [6.07, 6.45) is 1.67. The van der Waals surface area contributed by atoms with Crippen LogP contribution in [0.3, 0.4) is 0 Å². The van der Waals surface area contributed by atoms with Gasteiger partial charge in [0.05, 0.1) is 17.6 Å². The Hall–Kier alpha value is -3.23. The predicted octanol–water partition coefficient (Wildman–Crippen LogP) is 6.19. The first-order chi connectivity index (χ1) is 20.0. The number of aromatic nitrogens is 2. The summed E-state index contributed by atoms with van der Waals surface area (Å²) in [5.41, 5.74) is 3.26. The molecule has 6 rings (SSSR count). The van der Waals surface area contributed by atoms with E-state index in [9.17, 15) is 4.79 Å². The molecule has 0 spiro atoms. The standard InChI is InChI=1S/C32H33Cl2N5O2/c33-26-11-12-27(28(34)21-26)31-35-29(41-36-31)22-37-15-13-25(14-16-37)32(40)39-19-17-38(18-20-39)30(23-7-3-1-4-8-23)24-9-5-2-6-10-24/h1-12,21,25,30H,13-20,22H2. The van der Waals surface area contributed by atoms with Crippen molar-refractivity contribution in [2.75, 3.05) is 39.3 Å². The van der Waals surface area contributed by atoms with E-state index >= 15 is 0 Å². The van der Waals surface area contributed by atoms with E-state index in [1.54, 1.807) is 18.2 Å². The lowest BCUT2D eigenvalue weighted by atomic mass is 9.94. The summed E-state index contributed by atoms with van der Waals surface area (Å²) in [6.45, 7) is 5.42. The SMILES string of the molecule is O=C(C1CCN(Cc2nc(-c3ccc(Cl)cc3Cl)no2)CC1)N1CCN(C(c2ccccc2)c2ccccc2)CC1. The largest absolute Gasteiger partial charge is 0.340 e. The Bertz CT molecular complexity index is 1410. The van der Waals surface area contributed by atoms with E-state index in [-0.39, 0.29) is 17.9 Å². The second-order valence-electron chi connectivity index (χ2n) is 10.8. The van der Waals surface area contributed by atoms with Gasteiger partial charge in [0.1, 0.15) is 0 Å². The van der Waals surface area contributed by atoms with E-state index in [0.717, 1.165) is 52.1 Å². The number of piperazine rings is 1. The molecule has 0 radical (unpaired) electrons. The first kappa shape index (κ1) is 27.9. The third kappa shape index (κ3) is 6.49. The van der Waals surface area contributed by atoms with Crippen LogP contribution in [0.5, 0.6) is 0 Å². The van der Waals surface area contributed by atoms with Crippen LogP contribution < -0.4 is 0 Å². The number of piperidine rings is 1. The minimum Gasteiger partial charge on any atom is -0.340 e. The molecule has 7 nitrogen and oxygen atoms in total. The Morgan fingerprint density at radius 2 is 1.49 bits per heavy atom. The molecule has 212 valence electrons. The molecule has 0 atom stereocenters. The van der Waals surface area contributed by atoms with Crippen LogP contribution in [-0.2, 0) is 11.3 Å². The molecule has 0 saturated carbocycles. The van der Waals surface area contributed by atoms with Crippen LogP contribution in [0.4, 0.5) is 0 Å². The second-order valence-corrected chi connectivity index (χ2v) is 11.6. The van der Waals surface area contributed by atoms with Crippen molar-refractivity contribution in [3.05, 3.63) is 106 Å². The van der Waals surface area contributed by atoms with Gasteiger partial charge in [0, 0.05) is 42.7 Å². The normalized spacial score (nSPS) is 17.3. The zero-order valence-corrected chi connectivity index (χ0v) is 24.3. The average Bonchev–Trinajstić information content (AvgIpc) is 3.47. The monoisotopic (exact) mass is 589 g/mol.